The second-order valence-corrected chi connectivity index (χ2v) is 4.91. The van der Waals surface area contributed by atoms with Gasteiger partial charge in [0.05, 0.1) is 16.3 Å². The number of thiophene rings is 1. The number of aryl methyl sites for hydroxylation is 2. The van der Waals surface area contributed by atoms with Gasteiger partial charge in [-0.3, -0.25) is 4.79 Å². The van der Waals surface area contributed by atoms with Crippen LogP contribution in [-0.2, 0) is 13.0 Å². The van der Waals surface area contributed by atoms with Crippen LogP contribution in [0.5, 0.6) is 0 Å². The second-order valence-electron chi connectivity index (χ2n) is 3.65. The number of halogens is 1. The van der Waals surface area contributed by atoms with Crippen LogP contribution in [-0.4, -0.2) is 20.5 Å². The minimum Gasteiger partial charge on any atom is -0.293 e. The van der Waals surface area contributed by atoms with Crippen LogP contribution < -0.4 is 0 Å². The van der Waals surface area contributed by atoms with Crippen LogP contribution in [0.1, 0.15) is 28.0 Å². The van der Waals surface area contributed by atoms with E-state index in [2.05, 4.69) is 10.1 Å². The van der Waals surface area contributed by atoms with Crippen molar-refractivity contribution in [2.45, 2.75) is 26.8 Å². The summed E-state index contributed by atoms with van der Waals surface area (Å²) in [5, 5.41) is 6.48. The molecular formula is C11H12ClN3OS. The molecule has 2 aromatic rings. The number of Topliss-reactive ketones (excluding diaryl/α,β-unsaturated/α-hetero) is 1. The van der Waals surface area contributed by atoms with Crippen molar-refractivity contribution in [3.63, 3.8) is 0 Å². The SMILES string of the molecule is CCn1ncnc1CC(=O)c1scc(C)c1Cl. The van der Waals surface area contributed by atoms with Gasteiger partial charge in [-0.15, -0.1) is 11.3 Å². The van der Waals surface area contributed by atoms with Gasteiger partial charge in [-0.1, -0.05) is 11.6 Å². The van der Waals surface area contributed by atoms with E-state index < -0.39 is 0 Å². The third-order valence-corrected chi connectivity index (χ3v) is 4.20. The van der Waals surface area contributed by atoms with Crippen LogP contribution >= 0.6 is 22.9 Å². The fourth-order valence-corrected chi connectivity index (χ4v) is 2.77. The molecule has 0 saturated heterocycles. The normalized spacial score (nSPS) is 10.8. The number of ketones is 1. The Kier molecular flexibility index (Phi) is 3.59. The molecule has 0 atom stereocenters. The maximum Gasteiger partial charge on any atom is 0.181 e. The zero-order valence-electron chi connectivity index (χ0n) is 9.61. The summed E-state index contributed by atoms with van der Waals surface area (Å²) in [6.07, 6.45) is 1.71. The zero-order valence-corrected chi connectivity index (χ0v) is 11.2. The fraction of sp³-hybridized carbons (Fsp3) is 0.364. The molecule has 6 heteroatoms. The highest BCUT2D eigenvalue weighted by molar-refractivity contribution is 7.13. The third kappa shape index (κ3) is 2.40. The Morgan fingerprint density at radius 1 is 1.59 bits per heavy atom. The number of rotatable bonds is 4. The van der Waals surface area contributed by atoms with E-state index in [4.69, 9.17) is 11.6 Å². The highest BCUT2D eigenvalue weighted by atomic mass is 35.5. The summed E-state index contributed by atoms with van der Waals surface area (Å²) in [6, 6.07) is 0. The average Bonchev–Trinajstić information content (AvgIpc) is 2.87. The highest BCUT2D eigenvalue weighted by Crippen LogP contribution is 2.28. The molecule has 0 aliphatic carbocycles. The van der Waals surface area contributed by atoms with Gasteiger partial charge >= 0.3 is 0 Å². The van der Waals surface area contributed by atoms with E-state index >= 15 is 0 Å². The van der Waals surface area contributed by atoms with Gasteiger partial charge in [0, 0.05) is 6.54 Å². The van der Waals surface area contributed by atoms with Gasteiger partial charge in [0.15, 0.2) is 5.78 Å². The molecule has 0 spiro atoms. The van der Waals surface area contributed by atoms with Gasteiger partial charge in [0.2, 0.25) is 0 Å². The molecule has 0 N–H and O–H groups in total. The van der Waals surface area contributed by atoms with E-state index in [9.17, 15) is 4.79 Å². The van der Waals surface area contributed by atoms with Gasteiger partial charge in [0.25, 0.3) is 0 Å². The van der Waals surface area contributed by atoms with E-state index in [0.717, 1.165) is 5.56 Å². The first-order valence-corrected chi connectivity index (χ1v) is 6.52. The number of carbonyl (C=O) groups is 1. The van der Waals surface area contributed by atoms with Crippen molar-refractivity contribution in [1.29, 1.82) is 0 Å². The molecule has 0 aromatic carbocycles. The van der Waals surface area contributed by atoms with Crippen LogP contribution in [0.2, 0.25) is 5.02 Å². The summed E-state index contributed by atoms with van der Waals surface area (Å²) in [5.74, 6) is 0.676. The number of nitrogens with zero attached hydrogens (tertiary/aromatic N) is 3. The molecule has 0 aliphatic heterocycles. The van der Waals surface area contributed by atoms with Gasteiger partial charge in [-0.05, 0) is 24.8 Å². The molecule has 0 fully saturated rings. The highest BCUT2D eigenvalue weighted by Gasteiger charge is 2.17. The molecular weight excluding hydrogens is 258 g/mol. The Morgan fingerprint density at radius 2 is 2.35 bits per heavy atom. The molecule has 0 amide bonds. The molecule has 0 saturated carbocycles. The molecule has 2 rings (SSSR count). The first-order chi connectivity index (χ1) is 8.13. The first kappa shape index (κ1) is 12.3. The van der Waals surface area contributed by atoms with Gasteiger partial charge in [-0.2, -0.15) is 5.10 Å². The van der Waals surface area contributed by atoms with Gasteiger partial charge in [-0.25, -0.2) is 9.67 Å². The number of carbonyl (C=O) groups excluding carboxylic acids is 1. The van der Waals surface area contributed by atoms with E-state index in [0.29, 0.717) is 22.3 Å². The van der Waals surface area contributed by atoms with Crippen molar-refractivity contribution < 1.29 is 4.79 Å². The summed E-state index contributed by atoms with van der Waals surface area (Å²) in [4.78, 5) is 16.7. The maximum atomic E-state index is 12.1. The van der Waals surface area contributed by atoms with Gasteiger partial charge < -0.3 is 0 Å². The molecule has 90 valence electrons. The Bertz CT molecular complexity index is 547. The lowest BCUT2D eigenvalue weighted by molar-refractivity contribution is 0.0993. The van der Waals surface area contributed by atoms with Crippen molar-refractivity contribution in [3.05, 3.63) is 33.0 Å². The predicted octanol–water partition coefficient (Wildman–Crippen LogP) is 2.75. The number of aromatic nitrogens is 3. The minimum absolute atomic E-state index is 0.00389. The van der Waals surface area contributed by atoms with E-state index in [-0.39, 0.29) is 12.2 Å². The molecule has 4 nitrogen and oxygen atoms in total. The third-order valence-electron chi connectivity index (χ3n) is 2.47. The van der Waals surface area contributed by atoms with Crippen molar-refractivity contribution in [3.8, 4) is 0 Å². The zero-order chi connectivity index (χ0) is 12.4. The van der Waals surface area contributed by atoms with E-state index in [1.807, 2.05) is 19.2 Å². The predicted molar refractivity (Wildman–Crippen MR) is 67.8 cm³/mol. The Labute approximate surface area is 108 Å². The van der Waals surface area contributed by atoms with E-state index in [1.165, 1.54) is 17.7 Å². The monoisotopic (exact) mass is 269 g/mol. The Balaban J connectivity index is 2.20. The molecule has 2 heterocycles. The minimum atomic E-state index is -0.00389. The van der Waals surface area contributed by atoms with Crippen molar-refractivity contribution in [2.24, 2.45) is 0 Å². The molecule has 0 aliphatic rings. The quantitative estimate of drug-likeness (QED) is 0.802. The second kappa shape index (κ2) is 4.98. The van der Waals surface area contributed by atoms with Crippen LogP contribution in [0.4, 0.5) is 0 Å². The molecule has 0 bridgehead atoms. The summed E-state index contributed by atoms with van der Waals surface area (Å²) in [5.41, 5.74) is 0.942. The summed E-state index contributed by atoms with van der Waals surface area (Å²) >= 11 is 7.44. The van der Waals surface area contributed by atoms with Crippen LogP contribution in [0, 0.1) is 6.92 Å². The fourth-order valence-electron chi connectivity index (χ4n) is 1.53. The summed E-state index contributed by atoms with van der Waals surface area (Å²) < 4.78 is 1.71. The van der Waals surface area contributed by atoms with Gasteiger partial charge in [0.1, 0.15) is 12.2 Å². The molecule has 0 radical (unpaired) electrons. The lowest BCUT2D eigenvalue weighted by Crippen LogP contribution is -2.10. The average molecular weight is 270 g/mol. The lowest BCUT2D eigenvalue weighted by atomic mass is 10.2. The van der Waals surface area contributed by atoms with Crippen molar-refractivity contribution >= 4 is 28.7 Å². The van der Waals surface area contributed by atoms with Crippen LogP contribution in [0.3, 0.4) is 0 Å². The topological polar surface area (TPSA) is 47.8 Å². The summed E-state index contributed by atoms with van der Waals surface area (Å²) in [7, 11) is 0. The smallest absolute Gasteiger partial charge is 0.181 e. The maximum absolute atomic E-state index is 12.1. The standard InChI is InChI=1S/C11H12ClN3OS/c1-3-15-9(13-6-14-15)4-8(16)11-10(12)7(2)5-17-11/h5-6H,3-4H2,1-2H3. The van der Waals surface area contributed by atoms with E-state index in [1.54, 1.807) is 4.68 Å². The first-order valence-electron chi connectivity index (χ1n) is 5.27. The summed E-state index contributed by atoms with van der Waals surface area (Å²) in [6.45, 7) is 4.56. The van der Waals surface area contributed by atoms with Crippen LogP contribution in [0.15, 0.2) is 11.7 Å². The molecule has 0 unspecified atom stereocenters. The number of hydrogen-bond acceptors (Lipinski definition) is 4. The lowest BCUT2D eigenvalue weighted by Gasteiger charge is -2.01. The Morgan fingerprint density at radius 3 is 2.94 bits per heavy atom. The molecule has 2 aromatic heterocycles. The van der Waals surface area contributed by atoms with Crippen molar-refractivity contribution in [1.82, 2.24) is 14.8 Å². The Hall–Kier alpha value is -1.20. The van der Waals surface area contributed by atoms with Crippen molar-refractivity contribution in [2.75, 3.05) is 0 Å². The van der Waals surface area contributed by atoms with Crippen LogP contribution in [0.25, 0.3) is 0 Å². The largest absolute Gasteiger partial charge is 0.293 e. The molecule has 17 heavy (non-hydrogen) atoms. The number of hydrogen-bond donors (Lipinski definition) is 0.